The van der Waals surface area contributed by atoms with Crippen LogP contribution < -0.4 is 0 Å². The van der Waals surface area contributed by atoms with Crippen LogP contribution in [0.4, 0.5) is 8.78 Å². The van der Waals surface area contributed by atoms with Gasteiger partial charge in [-0.05, 0) is 31.2 Å². The third-order valence-electron chi connectivity index (χ3n) is 5.21. The van der Waals surface area contributed by atoms with Gasteiger partial charge in [-0.3, -0.25) is 4.79 Å². The summed E-state index contributed by atoms with van der Waals surface area (Å²) >= 11 is 1.44. The zero-order valence-corrected chi connectivity index (χ0v) is 19.3. The van der Waals surface area contributed by atoms with Crippen molar-refractivity contribution in [3.8, 4) is 0 Å². The Morgan fingerprint density at radius 1 is 1.06 bits per heavy atom. The molecule has 174 valence electrons. The van der Waals surface area contributed by atoms with Gasteiger partial charge in [-0.1, -0.05) is 23.4 Å². The zero-order chi connectivity index (χ0) is 23.6. The molecule has 0 aliphatic carbocycles. The molecule has 1 aliphatic rings. The van der Waals surface area contributed by atoms with Gasteiger partial charge in [-0.25, -0.2) is 17.2 Å². The fourth-order valence-electron chi connectivity index (χ4n) is 3.56. The second kappa shape index (κ2) is 9.62. The fourth-order valence-corrected chi connectivity index (χ4v) is 6.01. The maximum atomic E-state index is 14.0. The third kappa shape index (κ3) is 4.94. The van der Waals surface area contributed by atoms with Crippen molar-refractivity contribution in [3.63, 3.8) is 0 Å². The second-order valence-electron chi connectivity index (χ2n) is 7.47. The number of rotatable bonds is 6. The fraction of sp³-hybridized carbons (Fsp3) is 0.273. The highest BCUT2D eigenvalue weighted by Gasteiger charge is 2.34. The van der Waals surface area contributed by atoms with Gasteiger partial charge in [0.15, 0.2) is 4.90 Å². The van der Waals surface area contributed by atoms with Crippen molar-refractivity contribution in [3.05, 3.63) is 77.2 Å². The molecule has 7 nitrogen and oxygen atoms in total. The average molecular weight is 494 g/mol. The zero-order valence-electron chi connectivity index (χ0n) is 17.7. The first kappa shape index (κ1) is 23.4. The van der Waals surface area contributed by atoms with Gasteiger partial charge in [-0.2, -0.15) is 4.31 Å². The smallest absolute Gasteiger partial charge is 0.255 e. The van der Waals surface area contributed by atoms with Gasteiger partial charge in [0.05, 0.1) is 17.0 Å². The number of nitrogens with zero attached hydrogens (tertiary/aromatic N) is 3. The lowest BCUT2D eigenvalue weighted by molar-refractivity contribution is 0.0694. The predicted octanol–water partition coefficient (Wildman–Crippen LogP) is 3.70. The molecule has 0 radical (unpaired) electrons. The standard InChI is InChI=1S/C22H21F2N3O4S2/c1-15-13-16(31-25-15)14-32-20-8-3-2-5-17(20)22(28)26-9-11-27(12-10-26)33(29,30)21-18(23)6-4-7-19(21)24/h2-8,13H,9-12,14H2,1H3. The summed E-state index contributed by atoms with van der Waals surface area (Å²) in [6, 6.07) is 11.9. The van der Waals surface area contributed by atoms with E-state index in [-0.39, 0.29) is 32.1 Å². The van der Waals surface area contributed by atoms with E-state index < -0.39 is 26.6 Å². The maximum Gasteiger partial charge on any atom is 0.255 e. The lowest BCUT2D eigenvalue weighted by atomic mass is 10.2. The second-order valence-corrected chi connectivity index (χ2v) is 10.4. The number of aromatic nitrogens is 1. The van der Waals surface area contributed by atoms with Gasteiger partial charge >= 0.3 is 0 Å². The van der Waals surface area contributed by atoms with Gasteiger partial charge in [-0.15, -0.1) is 11.8 Å². The first-order valence-corrected chi connectivity index (χ1v) is 12.6. The molecule has 33 heavy (non-hydrogen) atoms. The highest BCUT2D eigenvalue weighted by Crippen LogP contribution is 2.28. The molecule has 1 fully saturated rings. The Kier molecular flexibility index (Phi) is 6.82. The molecule has 0 saturated carbocycles. The molecule has 2 aromatic carbocycles. The number of aryl methyl sites for hydroxylation is 1. The molecule has 0 spiro atoms. The maximum absolute atomic E-state index is 14.0. The number of hydrogen-bond acceptors (Lipinski definition) is 6. The highest BCUT2D eigenvalue weighted by atomic mass is 32.2. The normalized spacial score (nSPS) is 15.1. The van der Waals surface area contributed by atoms with E-state index in [1.807, 2.05) is 25.1 Å². The van der Waals surface area contributed by atoms with Crippen LogP contribution in [0.3, 0.4) is 0 Å². The molecule has 2 heterocycles. The molecule has 1 saturated heterocycles. The molecule has 1 aliphatic heterocycles. The summed E-state index contributed by atoms with van der Waals surface area (Å²) in [5.41, 5.74) is 1.27. The van der Waals surface area contributed by atoms with E-state index in [1.165, 1.54) is 11.8 Å². The molecular weight excluding hydrogens is 472 g/mol. The van der Waals surface area contributed by atoms with E-state index in [0.29, 0.717) is 17.1 Å². The summed E-state index contributed by atoms with van der Waals surface area (Å²) in [6.07, 6.45) is 0. The van der Waals surface area contributed by atoms with E-state index in [1.54, 1.807) is 17.0 Å². The number of halogens is 2. The van der Waals surface area contributed by atoms with Gasteiger partial charge < -0.3 is 9.42 Å². The van der Waals surface area contributed by atoms with Crippen LogP contribution in [-0.2, 0) is 15.8 Å². The summed E-state index contributed by atoms with van der Waals surface area (Å²) in [5.74, 6) is -1.31. The van der Waals surface area contributed by atoms with Gasteiger partial charge in [0.1, 0.15) is 17.4 Å². The first-order chi connectivity index (χ1) is 15.8. The Labute approximate surface area is 194 Å². The summed E-state index contributed by atoms with van der Waals surface area (Å²) in [4.78, 5) is 14.5. The number of sulfonamides is 1. The summed E-state index contributed by atoms with van der Waals surface area (Å²) in [6.45, 7) is 1.92. The van der Waals surface area contributed by atoms with Crippen LogP contribution in [0.15, 0.2) is 62.8 Å². The molecule has 0 bridgehead atoms. The average Bonchev–Trinajstić information content (AvgIpc) is 3.22. The minimum atomic E-state index is -4.36. The predicted molar refractivity (Wildman–Crippen MR) is 118 cm³/mol. The number of piperazine rings is 1. The molecule has 11 heteroatoms. The number of carbonyl (C=O) groups excluding carboxylic acids is 1. The quantitative estimate of drug-likeness (QED) is 0.487. The Morgan fingerprint density at radius 3 is 2.36 bits per heavy atom. The summed E-state index contributed by atoms with van der Waals surface area (Å²) in [5, 5.41) is 3.86. The van der Waals surface area contributed by atoms with Gasteiger partial charge in [0, 0.05) is 37.1 Å². The minimum Gasteiger partial charge on any atom is -0.360 e. The first-order valence-electron chi connectivity index (χ1n) is 10.1. The van der Waals surface area contributed by atoms with Crippen molar-refractivity contribution in [2.75, 3.05) is 26.2 Å². The molecule has 0 atom stereocenters. The van der Waals surface area contributed by atoms with E-state index in [4.69, 9.17) is 4.52 Å². The van der Waals surface area contributed by atoms with Crippen molar-refractivity contribution >= 4 is 27.7 Å². The molecule has 0 N–H and O–H groups in total. The largest absolute Gasteiger partial charge is 0.360 e. The summed E-state index contributed by atoms with van der Waals surface area (Å²) < 4.78 is 59.9. The van der Waals surface area contributed by atoms with Crippen LogP contribution in [0.25, 0.3) is 0 Å². The van der Waals surface area contributed by atoms with Crippen LogP contribution in [0.5, 0.6) is 0 Å². The number of carbonyl (C=O) groups is 1. The molecular formula is C22H21F2N3O4S2. The third-order valence-corrected chi connectivity index (χ3v) is 8.25. The lowest BCUT2D eigenvalue weighted by Crippen LogP contribution is -2.50. The number of benzene rings is 2. The van der Waals surface area contributed by atoms with Crippen LogP contribution in [0.2, 0.25) is 0 Å². The molecule has 0 unspecified atom stereocenters. The van der Waals surface area contributed by atoms with Crippen molar-refractivity contribution in [2.45, 2.75) is 22.5 Å². The van der Waals surface area contributed by atoms with E-state index in [9.17, 15) is 22.0 Å². The molecule has 4 rings (SSSR count). The Hall–Kier alpha value is -2.76. The van der Waals surface area contributed by atoms with Crippen molar-refractivity contribution in [1.82, 2.24) is 14.4 Å². The van der Waals surface area contributed by atoms with Crippen LogP contribution in [-0.4, -0.2) is 54.9 Å². The molecule has 3 aromatic rings. The Bertz CT molecular complexity index is 1250. The van der Waals surface area contributed by atoms with E-state index >= 15 is 0 Å². The van der Waals surface area contributed by atoms with Gasteiger partial charge in [0.2, 0.25) is 10.0 Å². The Morgan fingerprint density at radius 2 is 1.73 bits per heavy atom. The van der Waals surface area contributed by atoms with Crippen LogP contribution in [0, 0.1) is 18.6 Å². The highest BCUT2D eigenvalue weighted by molar-refractivity contribution is 7.98. The number of thioether (sulfide) groups is 1. The SMILES string of the molecule is Cc1cc(CSc2ccccc2C(=O)N2CCN(S(=O)(=O)c3c(F)cccc3F)CC2)on1. The molecule has 1 aromatic heterocycles. The topological polar surface area (TPSA) is 83.7 Å². The van der Waals surface area contributed by atoms with Crippen LogP contribution in [0.1, 0.15) is 21.8 Å². The van der Waals surface area contributed by atoms with E-state index in [0.717, 1.165) is 33.1 Å². The number of hydrogen-bond donors (Lipinski definition) is 0. The lowest BCUT2D eigenvalue weighted by Gasteiger charge is -2.34. The molecule has 1 amide bonds. The number of amides is 1. The van der Waals surface area contributed by atoms with Crippen LogP contribution >= 0.6 is 11.8 Å². The van der Waals surface area contributed by atoms with Crippen molar-refractivity contribution in [2.24, 2.45) is 0 Å². The Balaban J connectivity index is 1.45. The minimum absolute atomic E-state index is 0.0610. The summed E-state index contributed by atoms with van der Waals surface area (Å²) in [7, 11) is -4.36. The van der Waals surface area contributed by atoms with Crippen molar-refractivity contribution in [1.29, 1.82) is 0 Å². The van der Waals surface area contributed by atoms with Gasteiger partial charge in [0.25, 0.3) is 5.91 Å². The monoisotopic (exact) mass is 493 g/mol. The van der Waals surface area contributed by atoms with E-state index in [2.05, 4.69) is 5.16 Å². The van der Waals surface area contributed by atoms with Crippen molar-refractivity contribution < 1.29 is 26.5 Å².